The number of carbonyl (C=O) groups excluding carboxylic acids is 2. The molecule has 0 unspecified atom stereocenters. The van der Waals surface area contributed by atoms with Crippen molar-refractivity contribution in [3.8, 4) is 0 Å². The van der Waals surface area contributed by atoms with Crippen LogP contribution in [0.4, 0.5) is 10.5 Å². The Bertz CT molecular complexity index is 853. The SMILES string of the molecule is CCCCNC(=O)Nc1cccc([C@@H]2C(C(=O)OCC)=C(C)N=C3SCCCN32)c1. The maximum absolute atomic E-state index is 12.8. The molecular weight excluding hydrogens is 400 g/mol. The summed E-state index contributed by atoms with van der Waals surface area (Å²) in [7, 11) is 0. The third kappa shape index (κ3) is 5.16. The van der Waals surface area contributed by atoms with Gasteiger partial charge in [0.05, 0.1) is 23.9 Å². The third-order valence-corrected chi connectivity index (χ3v) is 6.11. The lowest BCUT2D eigenvalue weighted by atomic mass is 9.94. The molecule has 3 rings (SSSR count). The predicted molar refractivity (Wildman–Crippen MR) is 122 cm³/mol. The number of thioether (sulfide) groups is 1. The number of unbranched alkanes of at least 4 members (excludes halogenated alkanes) is 1. The minimum atomic E-state index is -0.339. The highest BCUT2D eigenvalue weighted by Crippen LogP contribution is 2.40. The first kappa shape index (κ1) is 22.2. The Balaban J connectivity index is 1.90. The van der Waals surface area contributed by atoms with Crippen LogP contribution in [0.25, 0.3) is 0 Å². The normalized spacial score (nSPS) is 18.4. The van der Waals surface area contributed by atoms with Crippen LogP contribution < -0.4 is 10.6 Å². The van der Waals surface area contributed by atoms with Gasteiger partial charge in [-0.1, -0.05) is 37.2 Å². The Kier molecular flexibility index (Phi) is 7.79. The number of aliphatic imine (C=N–C) groups is 1. The molecule has 2 heterocycles. The van der Waals surface area contributed by atoms with Gasteiger partial charge in [0.15, 0.2) is 5.17 Å². The van der Waals surface area contributed by atoms with E-state index in [1.165, 1.54) is 0 Å². The van der Waals surface area contributed by atoms with Crippen molar-refractivity contribution in [3.05, 3.63) is 41.1 Å². The van der Waals surface area contributed by atoms with E-state index in [9.17, 15) is 9.59 Å². The highest BCUT2D eigenvalue weighted by atomic mass is 32.2. The van der Waals surface area contributed by atoms with Crippen LogP contribution in [0.1, 0.15) is 51.6 Å². The van der Waals surface area contributed by atoms with Gasteiger partial charge in [-0.3, -0.25) is 0 Å². The summed E-state index contributed by atoms with van der Waals surface area (Å²) < 4.78 is 5.35. The number of carbonyl (C=O) groups is 2. The summed E-state index contributed by atoms with van der Waals surface area (Å²) in [5.41, 5.74) is 2.87. The molecule has 0 spiro atoms. The van der Waals surface area contributed by atoms with Gasteiger partial charge in [-0.2, -0.15) is 0 Å². The molecule has 2 aliphatic rings. The second-order valence-electron chi connectivity index (χ2n) is 7.27. The molecule has 30 heavy (non-hydrogen) atoms. The fourth-order valence-corrected chi connectivity index (χ4v) is 4.65. The number of amides is 2. The van der Waals surface area contributed by atoms with Gasteiger partial charge in [0.1, 0.15) is 0 Å². The lowest BCUT2D eigenvalue weighted by Gasteiger charge is -2.40. The van der Waals surface area contributed by atoms with Gasteiger partial charge in [0.2, 0.25) is 0 Å². The molecular formula is C22H30N4O3S. The van der Waals surface area contributed by atoms with Crippen LogP contribution >= 0.6 is 11.8 Å². The summed E-state index contributed by atoms with van der Waals surface area (Å²) in [5.74, 6) is 0.679. The number of allylic oxidation sites excluding steroid dienone is 1. The summed E-state index contributed by atoms with van der Waals surface area (Å²) in [6.45, 7) is 7.53. The first-order valence-corrected chi connectivity index (χ1v) is 11.5. The molecule has 1 atom stereocenters. The van der Waals surface area contributed by atoms with Crippen LogP contribution in [0.5, 0.6) is 0 Å². The highest BCUT2D eigenvalue weighted by molar-refractivity contribution is 8.13. The summed E-state index contributed by atoms with van der Waals surface area (Å²) in [6.07, 6.45) is 2.99. The fourth-order valence-electron chi connectivity index (χ4n) is 3.63. The van der Waals surface area contributed by atoms with E-state index < -0.39 is 0 Å². The Morgan fingerprint density at radius 2 is 2.17 bits per heavy atom. The van der Waals surface area contributed by atoms with Crippen LogP contribution in [0, 0.1) is 0 Å². The van der Waals surface area contributed by atoms with E-state index >= 15 is 0 Å². The molecule has 0 aromatic heterocycles. The van der Waals surface area contributed by atoms with Gasteiger partial charge in [0.25, 0.3) is 0 Å². The number of hydrogen-bond donors (Lipinski definition) is 2. The number of nitrogens with one attached hydrogen (secondary N) is 2. The molecule has 2 amide bonds. The van der Waals surface area contributed by atoms with E-state index in [0.29, 0.717) is 30.1 Å². The molecule has 1 saturated heterocycles. The lowest BCUT2D eigenvalue weighted by Crippen LogP contribution is -2.42. The van der Waals surface area contributed by atoms with Crippen molar-refractivity contribution in [2.75, 3.05) is 30.8 Å². The fraction of sp³-hybridized carbons (Fsp3) is 0.500. The maximum atomic E-state index is 12.8. The van der Waals surface area contributed by atoms with E-state index in [1.54, 1.807) is 18.7 Å². The minimum Gasteiger partial charge on any atom is -0.463 e. The van der Waals surface area contributed by atoms with Crippen molar-refractivity contribution in [3.63, 3.8) is 0 Å². The predicted octanol–water partition coefficient (Wildman–Crippen LogP) is 4.29. The van der Waals surface area contributed by atoms with Gasteiger partial charge >= 0.3 is 12.0 Å². The number of benzene rings is 1. The number of urea groups is 1. The number of rotatable bonds is 7. The van der Waals surface area contributed by atoms with Crippen molar-refractivity contribution < 1.29 is 14.3 Å². The number of fused-ring (bicyclic) bond motifs is 1. The molecule has 7 nitrogen and oxygen atoms in total. The molecule has 0 saturated carbocycles. The Hall–Kier alpha value is -2.48. The summed E-state index contributed by atoms with van der Waals surface area (Å²) in [5, 5.41) is 6.69. The summed E-state index contributed by atoms with van der Waals surface area (Å²) in [6, 6.07) is 7.16. The minimum absolute atomic E-state index is 0.225. The molecule has 1 aromatic rings. The summed E-state index contributed by atoms with van der Waals surface area (Å²) >= 11 is 1.71. The Morgan fingerprint density at radius 3 is 2.93 bits per heavy atom. The van der Waals surface area contributed by atoms with E-state index in [-0.39, 0.29) is 18.0 Å². The zero-order valence-corrected chi connectivity index (χ0v) is 18.7. The zero-order valence-electron chi connectivity index (χ0n) is 17.9. The van der Waals surface area contributed by atoms with Gasteiger partial charge < -0.3 is 20.3 Å². The lowest BCUT2D eigenvalue weighted by molar-refractivity contribution is -0.139. The molecule has 162 valence electrons. The van der Waals surface area contributed by atoms with Crippen molar-refractivity contribution in [2.24, 2.45) is 4.99 Å². The average Bonchev–Trinajstić information content (AvgIpc) is 2.73. The quantitative estimate of drug-likeness (QED) is 0.498. The van der Waals surface area contributed by atoms with Gasteiger partial charge in [0, 0.05) is 24.5 Å². The monoisotopic (exact) mass is 430 g/mol. The molecule has 0 aliphatic carbocycles. The largest absolute Gasteiger partial charge is 0.463 e. The number of hydrogen-bond acceptors (Lipinski definition) is 6. The molecule has 2 aliphatic heterocycles. The van der Waals surface area contributed by atoms with E-state index in [4.69, 9.17) is 4.74 Å². The Labute approximate surface area is 182 Å². The summed E-state index contributed by atoms with van der Waals surface area (Å²) in [4.78, 5) is 31.8. The van der Waals surface area contributed by atoms with Gasteiger partial charge in [-0.05, 0) is 44.4 Å². The van der Waals surface area contributed by atoms with E-state index in [1.807, 2.05) is 31.2 Å². The first-order chi connectivity index (χ1) is 14.5. The topological polar surface area (TPSA) is 83.0 Å². The maximum Gasteiger partial charge on any atom is 0.338 e. The molecule has 2 N–H and O–H groups in total. The number of anilines is 1. The van der Waals surface area contributed by atoms with Crippen molar-refractivity contribution >= 4 is 34.6 Å². The van der Waals surface area contributed by atoms with E-state index in [0.717, 1.165) is 42.3 Å². The van der Waals surface area contributed by atoms with Gasteiger partial charge in [-0.15, -0.1) is 0 Å². The molecule has 0 bridgehead atoms. The average molecular weight is 431 g/mol. The number of nitrogens with zero attached hydrogens (tertiary/aromatic N) is 2. The Morgan fingerprint density at radius 1 is 1.33 bits per heavy atom. The highest BCUT2D eigenvalue weighted by Gasteiger charge is 2.37. The standard InChI is InChI=1S/C22H30N4O3S/c1-4-6-11-23-21(28)25-17-10-7-9-16(14-17)19-18(20(27)29-5-2)15(3)24-22-26(19)12-8-13-30-22/h7,9-10,14,19H,4-6,8,11-13H2,1-3H3,(H2,23,25,28)/t19-/m1/s1. The zero-order chi connectivity index (χ0) is 21.5. The molecule has 8 heteroatoms. The second-order valence-corrected chi connectivity index (χ2v) is 8.33. The van der Waals surface area contributed by atoms with Crippen molar-refractivity contribution in [1.82, 2.24) is 10.2 Å². The van der Waals surface area contributed by atoms with Crippen molar-refractivity contribution in [1.29, 1.82) is 0 Å². The first-order valence-electron chi connectivity index (χ1n) is 10.6. The smallest absolute Gasteiger partial charge is 0.338 e. The molecule has 1 aromatic carbocycles. The van der Waals surface area contributed by atoms with Crippen molar-refractivity contribution in [2.45, 2.75) is 46.1 Å². The second kappa shape index (κ2) is 10.5. The van der Waals surface area contributed by atoms with Crippen LogP contribution in [0.15, 0.2) is 40.5 Å². The molecule has 0 radical (unpaired) electrons. The number of amidine groups is 1. The van der Waals surface area contributed by atoms with Crippen LogP contribution in [-0.2, 0) is 9.53 Å². The third-order valence-electron chi connectivity index (χ3n) is 5.03. The molecule has 1 fully saturated rings. The number of esters is 1. The van der Waals surface area contributed by atoms with Crippen LogP contribution in [0.3, 0.4) is 0 Å². The van der Waals surface area contributed by atoms with Gasteiger partial charge in [-0.25, -0.2) is 14.6 Å². The van der Waals surface area contributed by atoms with E-state index in [2.05, 4.69) is 27.4 Å². The van der Waals surface area contributed by atoms with Crippen LogP contribution in [-0.4, -0.2) is 47.5 Å². The van der Waals surface area contributed by atoms with Crippen LogP contribution in [0.2, 0.25) is 0 Å². The number of ether oxygens (including phenoxy) is 1.